The number of rotatable bonds is 8. The first-order valence-electron chi connectivity index (χ1n) is 10.5. The molecule has 1 aromatic carbocycles. The molecule has 4 rings (SSSR count). The summed E-state index contributed by atoms with van der Waals surface area (Å²) < 4.78 is 13.2. The van der Waals surface area contributed by atoms with E-state index in [1.54, 1.807) is 11.8 Å². The van der Waals surface area contributed by atoms with Crippen molar-refractivity contribution < 1.29 is 19.4 Å². The number of nitrogens with one attached hydrogen (secondary N) is 1. The van der Waals surface area contributed by atoms with Crippen LogP contribution in [0.2, 0.25) is 0 Å². The van der Waals surface area contributed by atoms with Gasteiger partial charge in [0.2, 0.25) is 0 Å². The summed E-state index contributed by atoms with van der Waals surface area (Å²) in [6.07, 6.45) is 7.93. The molecule has 2 aromatic heterocycles. The number of aryl methyl sites for hydroxylation is 1. The monoisotopic (exact) mass is 438 g/mol. The lowest BCUT2D eigenvalue weighted by Crippen LogP contribution is -2.51. The summed E-state index contributed by atoms with van der Waals surface area (Å²) in [6.45, 7) is 0.449. The molecule has 1 aliphatic heterocycles. The number of carbonyl (C=O) groups excluding carboxylic acids is 1. The van der Waals surface area contributed by atoms with Crippen molar-refractivity contribution in [1.82, 2.24) is 30.3 Å². The SMILES string of the molecule is COc1ccccc1-c1cn(CC[C@H]2CC[C@@H](NC(=O)c3cnccn3)[C@H](CO)O2)nn1. The lowest BCUT2D eigenvalue weighted by molar-refractivity contribution is -0.0912. The second-order valence-corrected chi connectivity index (χ2v) is 7.58. The third-order valence-corrected chi connectivity index (χ3v) is 5.51. The highest BCUT2D eigenvalue weighted by atomic mass is 16.5. The number of amides is 1. The Hall–Kier alpha value is -3.37. The van der Waals surface area contributed by atoms with Crippen LogP contribution in [0.25, 0.3) is 11.3 Å². The minimum absolute atomic E-state index is 0.0456. The first-order valence-corrected chi connectivity index (χ1v) is 10.5. The lowest BCUT2D eigenvalue weighted by Gasteiger charge is -2.36. The first-order chi connectivity index (χ1) is 15.7. The summed E-state index contributed by atoms with van der Waals surface area (Å²) in [5, 5.41) is 21.2. The van der Waals surface area contributed by atoms with E-state index in [2.05, 4.69) is 25.6 Å². The highest BCUT2D eigenvalue weighted by Crippen LogP contribution is 2.28. The molecule has 1 aliphatic rings. The zero-order valence-corrected chi connectivity index (χ0v) is 17.8. The maximum absolute atomic E-state index is 12.4. The number of para-hydroxylation sites is 1. The molecule has 2 N–H and O–H groups in total. The summed E-state index contributed by atoms with van der Waals surface area (Å²) >= 11 is 0. The predicted octanol–water partition coefficient (Wildman–Crippen LogP) is 1.47. The van der Waals surface area contributed by atoms with E-state index in [9.17, 15) is 9.90 Å². The Labute approximate surface area is 185 Å². The van der Waals surface area contributed by atoms with Crippen molar-refractivity contribution in [3.05, 3.63) is 54.7 Å². The lowest BCUT2D eigenvalue weighted by atomic mass is 9.97. The van der Waals surface area contributed by atoms with E-state index in [1.807, 2.05) is 30.5 Å². The summed E-state index contributed by atoms with van der Waals surface area (Å²) in [7, 11) is 1.63. The van der Waals surface area contributed by atoms with Crippen molar-refractivity contribution in [3.8, 4) is 17.0 Å². The molecule has 0 spiro atoms. The van der Waals surface area contributed by atoms with Gasteiger partial charge >= 0.3 is 0 Å². The van der Waals surface area contributed by atoms with Crippen molar-refractivity contribution in [3.63, 3.8) is 0 Å². The highest BCUT2D eigenvalue weighted by molar-refractivity contribution is 5.92. The smallest absolute Gasteiger partial charge is 0.271 e. The van der Waals surface area contributed by atoms with Crippen molar-refractivity contribution in [2.45, 2.75) is 44.1 Å². The van der Waals surface area contributed by atoms with Gasteiger partial charge in [0.05, 0.1) is 38.3 Å². The number of aromatic nitrogens is 5. The Kier molecular flexibility index (Phi) is 7.03. The number of benzene rings is 1. The maximum Gasteiger partial charge on any atom is 0.271 e. The number of hydrogen-bond donors (Lipinski definition) is 2. The molecular formula is C22H26N6O4. The van der Waals surface area contributed by atoms with E-state index < -0.39 is 6.10 Å². The second-order valence-electron chi connectivity index (χ2n) is 7.58. The number of aliphatic hydroxyl groups is 1. The van der Waals surface area contributed by atoms with E-state index in [0.717, 1.165) is 29.8 Å². The molecule has 10 nitrogen and oxygen atoms in total. The van der Waals surface area contributed by atoms with E-state index >= 15 is 0 Å². The van der Waals surface area contributed by atoms with Crippen LogP contribution in [0.1, 0.15) is 29.8 Å². The van der Waals surface area contributed by atoms with E-state index in [1.165, 1.54) is 18.6 Å². The number of methoxy groups -OCH3 is 1. The first kappa shape index (κ1) is 21.8. The van der Waals surface area contributed by atoms with Crippen LogP contribution in [-0.4, -0.2) is 67.9 Å². The molecule has 1 amide bonds. The molecule has 0 saturated carbocycles. The largest absolute Gasteiger partial charge is 0.496 e. The molecule has 3 aromatic rings. The van der Waals surface area contributed by atoms with Crippen molar-refractivity contribution >= 4 is 5.91 Å². The fourth-order valence-corrected chi connectivity index (χ4v) is 3.83. The van der Waals surface area contributed by atoms with Gasteiger partial charge in [0, 0.05) is 24.5 Å². The molecule has 0 aliphatic carbocycles. The van der Waals surface area contributed by atoms with Gasteiger partial charge in [-0.3, -0.25) is 14.5 Å². The van der Waals surface area contributed by atoms with Gasteiger partial charge in [-0.1, -0.05) is 17.3 Å². The van der Waals surface area contributed by atoms with E-state index in [-0.39, 0.29) is 30.4 Å². The zero-order chi connectivity index (χ0) is 22.3. The Morgan fingerprint density at radius 1 is 1.31 bits per heavy atom. The van der Waals surface area contributed by atoms with Crippen LogP contribution in [0.3, 0.4) is 0 Å². The number of hydrogen-bond acceptors (Lipinski definition) is 8. The number of aliphatic hydroxyl groups excluding tert-OH is 1. The normalized spacial score (nSPS) is 20.6. The van der Waals surface area contributed by atoms with Crippen LogP contribution < -0.4 is 10.1 Å². The summed E-state index contributed by atoms with van der Waals surface area (Å²) in [6, 6.07) is 7.39. The summed E-state index contributed by atoms with van der Waals surface area (Å²) in [5.41, 5.74) is 1.87. The zero-order valence-electron chi connectivity index (χ0n) is 17.8. The maximum atomic E-state index is 12.4. The highest BCUT2D eigenvalue weighted by Gasteiger charge is 2.32. The summed E-state index contributed by atoms with van der Waals surface area (Å²) in [4.78, 5) is 20.3. The molecule has 32 heavy (non-hydrogen) atoms. The molecule has 1 fully saturated rings. The number of carbonyl (C=O) groups is 1. The topological polar surface area (TPSA) is 124 Å². The van der Waals surface area contributed by atoms with Crippen LogP contribution in [-0.2, 0) is 11.3 Å². The standard InChI is InChI=1S/C22H26N6O4/c1-31-20-5-3-2-4-16(20)19-13-28(27-26-19)11-8-15-6-7-17(21(14-29)32-15)25-22(30)18-12-23-9-10-24-18/h2-5,9-10,12-13,15,17,21,29H,6-8,11,14H2,1H3,(H,25,30)/t15-,17-,21+/m1/s1. The molecule has 0 bridgehead atoms. The van der Waals surface area contributed by atoms with Crippen molar-refractivity contribution in [2.75, 3.05) is 13.7 Å². The van der Waals surface area contributed by atoms with Crippen LogP contribution in [0.5, 0.6) is 5.75 Å². The van der Waals surface area contributed by atoms with Crippen LogP contribution in [0, 0.1) is 0 Å². The fraction of sp³-hybridized carbons (Fsp3) is 0.409. The van der Waals surface area contributed by atoms with Crippen molar-refractivity contribution in [2.24, 2.45) is 0 Å². The van der Waals surface area contributed by atoms with Crippen LogP contribution in [0.4, 0.5) is 0 Å². The molecule has 0 radical (unpaired) electrons. The van der Waals surface area contributed by atoms with Gasteiger partial charge < -0.3 is 19.9 Å². The van der Waals surface area contributed by atoms with Crippen LogP contribution in [0.15, 0.2) is 49.1 Å². The molecule has 3 atom stereocenters. The fourth-order valence-electron chi connectivity index (χ4n) is 3.83. The molecule has 3 heterocycles. The van der Waals surface area contributed by atoms with Gasteiger partial charge in [-0.25, -0.2) is 4.98 Å². The molecule has 0 unspecified atom stereocenters. The van der Waals surface area contributed by atoms with Crippen LogP contribution >= 0.6 is 0 Å². The Bertz CT molecular complexity index is 1030. The van der Waals surface area contributed by atoms with Gasteiger partial charge in [0.15, 0.2) is 0 Å². The van der Waals surface area contributed by atoms with Gasteiger partial charge in [-0.05, 0) is 31.4 Å². The van der Waals surface area contributed by atoms with Crippen molar-refractivity contribution in [1.29, 1.82) is 0 Å². The molecule has 1 saturated heterocycles. The van der Waals surface area contributed by atoms with E-state index in [0.29, 0.717) is 13.0 Å². The molecule has 168 valence electrons. The van der Waals surface area contributed by atoms with E-state index in [4.69, 9.17) is 9.47 Å². The Morgan fingerprint density at radius 2 is 2.19 bits per heavy atom. The third kappa shape index (κ3) is 5.09. The minimum atomic E-state index is -0.478. The Balaban J connectivity index is 1.31. The average Bonchev–Trinajstić information content (AvgIpc) is 3.32. The number of ether oxygens (including phenoxy) is 2. The quantitative estimate of drug-likeness (QED) is 0.542. The number of nitrogens with zero attached hydrogens (tertiary/aromatic N) is 5. The third-order valence-electron chi connectivity index (χ3n) is 5.51. The van der Waals surface area contributed by atoms with Gasteiger partial charge in [-0.2, -0.15) is 0 Å². The second kappa shape index (κ2) is 10.3. The predicted molar refractivity (Wildman–Crippen MR) is 115 cm³/mol. The summed E-state index contributed by atoms with van der Waals surface area (Å²) in [5.74, 6) is 0.422. The Morgan fingerprint density at radius 3 is 2.97 bits per heavy atom. The van der Waals surface area contributed by atoms with Gasteiger partial charge in [0.1, 0.15) is 23.2 Å². The van der Waals surface area contributed by atoms with Gasteiger partial charge in [-0.15, -0.1) is 5.10 Å². The van der Waals surface area contributed by atoms with Gasteiger partial charge in [0.25, 0.3) is 5.91 Å². The molecular weight excluding hydrogens is 412 g/mol. The minimum Gasteiger partial charge on any atom is -0.496 e. The average molecular weight is 438 g/mol. The molecule has 10 heteroatoms.